The van der Waals surface area contributed by atoms with Crippen LogP contribution in [0, 0.1) is 4.91 Å². The summed E-state index contributed by atoms with van der Waals surface area (Å²) in [6, 6.07) is 20.4. The van der Waals surface area contributed by atoms with Crippen molar-refractivity contribution >= 4 is 28.4 Å². The minimum absolute atomic E-state index is 0.0696. The molecule has 11 heteroatoms. The molecule has 1 fully saturated rings. The number of nitrogens with zero attached hydrogens (tertiary/aromatic N) is 4. The topological polar surface area (TPSA) is 141 Å². The van der Waals surface area contributed by atoms with Gasteiger partial charge >= 0.3 is 6.09 Å². The highest BCUT2D eigenvalue weighted by Crippen LogP contribution is 2.29. The number of aromatic amines is 1. The van der Waals surface area contributed by atoms with Gasteiger partial charge in [-0.1, -0.05) is 18.2 Å². The first-order valence-electron chi connectivity index (χ1n) is 12.8. The number of carbonyl (C=O) groups is 1. The zero-order valence-electron chi connectivity index (χ0n) is 21.2. The van der Waals surface area contributed by atoms with E-state index in [1.54, 1.807) is 36.5 Å². The Kier molecular flexibility index (Phi) is 6.86. The predicted octanol–water partition coefficient (Wildman–Crippen LogP) is 6.16. The fraction of sp³-hybridized carbons (Fsp3) is 0.172. The fourth-order valence-corrected chi connectivity index (χ4v) is 4.68. The minimum atomic E-state index is -0.683. The van der Waals surface area contributed by atoms with Gasteiger partial charge in [-0.15, -0.1) is 4.91 Å². The smallest absolute Gasteiger partial charge is 0.410 e. The van der Waals surface area contributed by atoms with Crippen LogP contribution >= 0.6 is 0 Å². The Labute approximate surface area is 227 Å². The van der Waals surface area contributed by atoms with Gasteiger partial charge < -0.3 is 9.47 Å². The Bertz CT molecular complexity index is 1740. The number of nitroso groups, excluding NO2 is 1. The molecule has 0 bridgehead atoms. The van der Waals surface area contributed by atoms with E-state index in [-0.39, 0.29) is 23.2 Å². The highest BCUT2D eigenvalue weighted by Gasteiger charge is 2.19. The SMILES string of the molecule is O=Nc1ccc(OC(=O)Nc2ccc(-c3cc(-c4ccc5c(cnn5C5CCCCO5)c4)c(=O)[nH]n3)cc2)cc1. The molecule has 11 nitrogen and oxygen atoms in total. The number of amides is 1. The van der Waals surface area contributed by atoms with Crippen LogP contribution in [-0.2, 0) is 4.74 Å². The van der Waals surface area contributed by atoms with E-state index in [4.69, 9.17) is 9.47 Å². The summed E-state index contributed by atoms with van der Waals surface area (Å²) in [6.07, 6.45) is 4.14. The normalized spacial score (nSPS) is 15.1. The van der Waals surface area contributed by atoms with Crippen molar-refractivity contribution in [1.82, 2.24) is 20.0 Å². The van der Waals surface area contributed by atoms with Crippen LogP contribution in [0.15, 0.2) is 89.0 Å². The maximum Gasteiger partial charge on any atom is 0.417 e. The molecule has 3 aromatic carbocycles. The van der Waals surface area contributed by atoms with Crippen molar-refractivity contribution in [3.63, 3.8) is 0 Å². The number of hydrogen-bond acceptors (Lipinski definition) is 8. The molecule has 1 unspecified atom stereocenters. The molecule has 0 radical (unpaired) electrons. The van der Waals surface area contributed by atoms with Crippen molar-refractivity contribution in [2.24, 2.45) is 5.18 Å². The lowest BCUT2D eigenvalue weighted by Gasteiger charge is -2.23. The van der Waals surface area contributed by atoms with E-state index in [0.29, 0.717) is 16.9 Å². The lowest BCUT2D eigenvalue weighted by molar-refractivity contribution is -0.0366. The number of H-pyrrole nitrogens is 1. The van der Waals surface area contributed by atoms with Crippen LogP contribution in [0.4, 0.5) is 16.2 Å². The zero-order chi connectivity index (χ0) is 27.5. The average Bonchev–Trinajstić information content (AvgIpc) is 3.42. The number of nitrogens with one attached hydrogen (secondary N) is 2. The monoisotopic (exact) mass is 536 g/mol. The van der Waals surface area contributed by atoms with E-state index >= 15 is 0 Å². The molecule has 1 saturated heterocycles. The number of aromatic nitrogens is 4. The number of hydrogen-bond donors (Lipinski definition) is 2. The van der Waals surface area contributed by atoms with Gasteiger partial charge in [0.1, 0.15) is 11.4 Å². The second kappa shape index (κ2) is 10.9. The lowest BCUT2D eigenvalue weighted by atomic mass is 10.0. The predicted molar refractivity (Wildman–Crippen MR) is 149 cm³/mol. The van der Waals surface area contributed by atoms with Gasteiger partial charge in [-0.05, 0) is 84.6 Å². The van der Waals surface area contributed by atoms with Crippen LogP contribution in [0.25, 0.3) is 33.3 Å². The molecule has 200 valence electrons. The van der Waals surface area contributed by atoms with E-state index < -0.39 is 6.09 Å². The summed E-state index contributed by atoms with van der Waals surface area (Å²) in [5, 5.41) is 17.7. The fourth-order valence-electron chi connectivity index (χ4n) is 4.68. The van der Waals surface area contributed by atoms with E-state index in [1.807, 2.05) is 22.9 Å². The average molecular weight is 537 g/mol. The van der Waals surface area contributed by atoms with Crippen molar-refractivity contribution in [1.29, 1.82) is 0 Å². The lowest BCUT2D eigenvalue weighted by Crippen LogP contribution is -2.18. The van der Waals surface area contributed by atoms with Crippen LogP contribution in [-0.4, -0.2) is 32.7 Å². The van der Waals surface area contributed by atoms with E-state index in [1.165, 1.54) is 24.3 Å². The number of fused-ring (bicyclic) bond motifs is 1. The number of benzene rings is 3. The van der Waals surface area contributed by atoms with Crippen molar-refractivity contribution in [3.8, 4) is 28.1 Å². The summed E-state index contributed by atoms with van der Waals surface area (Å²) in [5.74, 6) is 0.277. The third-order valence-corrected chi connectivity index (χ3v) is 6.72. The zero-order valence-corrected chi connectivity index (χ0v) is 21.2. The van der Waals surface area contributed by atoms with Crippen molar-refractivity contribution in [2.75, 3.05) is 11.9 Å². The maximum absolute atomic E-state index is 12.7. The molecule has 5 aromatic rings. The van der Waals surface area contributed by atoms with Crippen LogP contribution in [0.2, 0.25) is 0 Å². The summed E-state index contributed by atoms with van der Waals surface area (Å²) >= 11 is 0. The van der Waals surface area contributed by atoms with E-state index in [9.17, 15) is 14.5 Å². The van der Waals surface area contributed by atoms with Gasteiger partial charge in [0.15, 0.2) is 6.23 Å². The first-order chi connectivity index (χ1) is 19.6. The van der Waals surface area contributed by atoms with Crippen LogP contribution in [0.5, 0.6) is 5.75 Å². The molecular weight excluding hydrogens is 512 g/mol. The van der Waals surface area contributed by atoms with E-state index in [0.717, 1.165) is 47.9 Å². The quantitative estimate of drug-likeness (QED) is 0.248. The molecule has 2 N–H and O–H groups in total. The van der Waals surface area contributed by atoms with Crippen molar-refractivity contribution in [2.45, 2.75) is 25.5 Å². The molecule has 0 spiro atoms. The summed E-state index contributed by atoms with van der Waals surface area (Å²) in [6.45, 7) is 0.732. The molecular formula is C29H24N6O5. The van der Waals surface area contributed by atoms with Gasteiger partial charge in [0, 0.05) is 23.2 Å². The minimum Gasteiger partial charge on any atom is -0.410 e. The molecule has 1 atom stereocenters. The second-order valence-corrected chi connectivity index (χ2v) is 9.36. The second-order valence-electron chi connectivity index (χ2n) is 9.36. The molecule has 2 aromatic heterocycles. The van der Waals surface area contributed by atoms with Gasteiger partial charge in [0.2, 0.25) is 0 Å². The maximum atomic E-state index is 12.7. The largest absolute Gasteiger partial charge is 0.417 e. The van der Waals surface area contributed by atoms with Gasteiger partial charge in [-0.2, -0.15) is 10.2 Å². The van der Waals surface area contributed by atoms with Gasteiger partial charge in [0.05, 0.1) is 23.0 Å². The Morgan fingerprint density at radius 2 is 1.82 bits per heavy atom. The van der Waals surface area contributed by atoms with Crippen molar-refractivity contribution in [3.05, 3.63) is 94.3 Å². The third kappa shape index (κ3) is 5.22. The Morgan fingerprint density at radius 3 is 2.58 bits per heavy atom. The molecule has 0 saturated carbocycles. The molecule has 40 heavy (non-hydrogen) atoms. The molecule has 0 aliphatic carbocycles. The first kappa shape index (κ1) is 25.1. The highest BCUT2D eigenvalue weighted by molar-refractivity contribution is 5.87. The van der Waals surface area contributed by atoms with Crippen LogP contribution < -0.4 is 15.6 Å². The van der Waals surface area contributed by atoms with Crippen LogP contribution in [0.1, 0.15) is 25.5 Å². The van der Waals surface area contributed by atoms with Gasteiger partial charge in [0.25, 0.3) is 5.56 Å². The first-order valence-corrected chi connectivity index (χ1v) is 12.8. The molecule has 1 aliphatic rings. The summed E-state index contributed by atoms with van der Waals surface area (Å²) in [7, 11) is 0. The Hall–Kier alpha value is -5.16. The Morgan fingerprint density at radius 1 is 1.02 bits per heavy atom. The van der Waals surface area contributed by atoms with Crippen LogP contribution in [0.3, 0.4) is 0 Å². The number of ether oxygens (including phenoxy) is 2. The summed E-state index contributed by atoms with van der Waals surface area (Å²) < 4.78 is 13.0. The summed E-state index contributed by atoms with van der Waals surface area (Å²) in [5.41, 5.74) is 3.95. The summed E-state index contributed by atoms with van der Waals surface area (Å²) in [4.78, 5) is 35.5. The highest BCUT2D eigenvalue weighted by atomic mass is 16.6. The molecule has 1 aliphatic heterocycles. The number of carbonyl (C=O) groups excluding carboxylic acids is 1. The standard InChI is InChI=1S/C29H24N6O5/c36-28-24(19-6-13-26-20(15-19)17-30-35(26)27-3-1-2-14-39-27)16-25(32-33-28)18-4-7-21(8-5-18)31-29(37)40-23-11-9-22(34-38)10-12-23/h4-13,15-17,27H,1-3,14H2,(H,31,37)(H,33,36). The Balaban J connectivity index is 1.19. The number of anilines is 1. The van der Waals surface area contributed by atoms with Gasteiger partial charge in [-0.25, -0.2) is 14.6 Å². The van der Waals surface area contributed by atoms with Crippen molar-refractivity contribution < 1.29 is 14.3 Å². The third-order valence-electron chi connectivity index (χ3n) is 6.72. The van der Waals surface area contributed by atoms with Gasteiger partial charge in [-0.3, -0.25) is 10.1 Å². The molecule has 6 rings (SSSR count). The molecule has 1 amide bonds. The van der Waals surface area contributed by atoms with E-state index in [2.05, 4.69) is 25.8 Å². The number of rotatable bonds is 6. The molecule has 3 heterocycles.